The van der Waals surface area contributed by atoms with E-state index in [2.05, 4.69) is 8.92 Å². The summed E-state index contributed by atoms with van der Waals surface area (Å²) in [6.07, 6.45) is -0.814. The van der Waals surface area contributed by atoms with Crippen LogP contribution >= 0.6 is 0 Å². The molecule has 0 spiro atoms. The molecule has 0 unspecified atom stereocenters. The number of carbonyl (C=O) groups is 1. The zero-order valence-electron chi connectivity index (χ0n) is 14.0. The quantitative estimate of drug-likeness (QED) is 0.413. The fourth-order valence-corrected chi connectivity index (χ4v) is 2.66. The number of methoxy groups -OCH3 is 1. The first-order valence-electron chi connectivity index (χ1n) is 7.54. The van der Waals surface area contributed by atoms with Crippen LogP contribution in [0, 0.1) is 0 Å². The van der Waals surface area contributed by atoms with Crippen LogP contribution in [0.4, 0.5) is 18.0 Å². The normalized spacial score (nSPS) is 11.7. The number of alkyl halides is 3. The van der Waals surface area contributed by atoms with Gasteiger partial charge >= 0.3 is 21.8 Å². The number of hydrogen-bond donors (Lipinski definition) is 0. The maximum Gasteiger partial charge on any atom is 0.534 e. The molecule has 0 radical (unpaired) electrons. The standard InChI is InChI=1S/C17H15F3O6S/c1-24-16(21)25-10-9-13-11-14(26-27(22,23)17(18,19)20)7-8-15(13)12-5-3-2-4-6-12/h2-8,11H,9-10H2,1H3. The highest BCUT2D eigenvalue weighted by Gasteiger charge is 2.48. The first kappa shape index (κ1) is 20.6. The maximum absolute atomic E-state index is 12.5. The Labute approximate surface area is 153 Å². The Morgan fingerprint density at radius 1 is 1.07 bits per heavy atom. The van der Waals surface area contributed by atoms with Gasteiger partial charge < -0.3 is 13.7 Å². The summed E-state index contributed by atoms with van der Waals surface area (Å²) in [6, 6.07) is 12.6. The van der Waals surface area contributed by atoms with E-state index in [-0.39, 0.29) is 13.0 Å². The summed E-state index contributed by atoms with van der Waals surface area (Å²) in [5.74, 6) is -0.500. The highest BCUT2D eigenvalue weighted by Crippen LogP contribution is 2.31. The number of hydrogen-bond acceptors (Lipinski definition) is 6. The number of carbonyl (C=O) groups excluding carboxylic acids is 1. The molecular weight excluding hydrogens is 389 g/mol. The van der Waals surface area contributed by atoms with Crippen molar-refractivity contribution in [1.29, 1.82) is 0 Å². The van der Waals surface area contributed by atoms with Crippen molar-refractivity contribution in [2.24, 2.45) is 0 Å². The molecule has 6 nitrogen and oxygen atoms in total. The van der Waals surface area contributed by atoms with Gasteiger partial charge in [0.25, 0.3) is 0 Å². The predicted molar refractivity (Wildman–Crippen MR) is 89.5 cm³/mol. The number of benzene rings is 2. The predicted octanol–water partition coefficient (Wildman–Crippen LogP) is 3.91. The van der Waals surface area contributed by atoms with E-state index in [1.54, 1.807) is 30.3 Å². The summed E-state index contributed by atoms with van der Waals surface area (Å²) >= 11 is 0. The number of ether oxygens (including phenoxy) is 2. The van der Waals surface area contributed by atoms with Crippen molar-refractivity contribution in [3.05, 3.63) is 54.1 Å². The van der Waals surface area contributed by atoms with E-state index in [0.29, 0.717) is 11.1 Å². The minimum atomic E-state index is -5.79. The molecule has 0 aliphatic rings. The van der Waals surface area contributed by atoms with Crippen molar-refractivity contribution in [1.82, 2.24) is 0 Å². The lowest BCUT2D eigenvalue weighted by Gasteiger charge is -2.14. The average Bonchev–Trinajstić information content (AvgIpc) is 2.61. The largest absolute Gasteiger partial charge is 0.534 e. The van der Waals surface area contributed by atoms with Gasteiger partial charge in [-0.1, -0.05) is 36.4 Å². The Balaban J connectivity index is 2.34. The maximum atomic E-state index is 12.5. The van der Waals surface area contributed by atoms with Crippen molar-refractivity contribution in [2.75, 3.05) is 13.7 Å². The van der Waals surface area contributed by atoms with Gasteiger partial charge in [-0.2, -0.15) is 21.6 Å². The zero-order chi connectivity index (χ0) is 20.1. The molecule has 0 aliphatic heterocycles. The molecule has 146 valence electrons. The molecular formula is C17H15F3O6S. The second-order valence-electron chi connectivity index (χ2n) is 5.22. The van der Waals surface area contributed by atoms with E-state index in [0.717, 1.165) is 24.8 Å². The van der Waals surface area contributed by atoms with E-state index in [4.69, 9.17) is 4.74 Å². The van der Waals surface area contributed by atoms with Crippen LogP contribution in [0.5, 0.6) is 5.75 Å². The molecule has 0 atom stereocenters. The van der Waals surface area contributed by atoms with Crippen molar-refractivity contribution in [2.45, 2.75) is 11.9 Å². The Bertz CT molecular complexity index is 895. The summed E-state index contributed by atoms with van der Waals surface area (Å²) in [5, 5.41) is 0. The van der Waals surface area contributed by atoms with Gasteiger partial charge in [0.1, 0.15) is 5.75 Å². The zero-order valence-corrected chi connectivity index (χ0v) is 14.8. The summed E-state index contributed by atoms with van der Waals surface area (Å²) in [6.45, 7) is -0.123. The molecule has 0 saturated carbocycles. The third-order valence-electron chi connectivity index (χ3n) is 3.41. The summed E-state index contributed by atoms with van der Waals surface area (Å²) in [4.78, 5) is 11.0. The fraction of sp³-hybridized carbons (Fsp3) is 0.235. The third kappa shape index (κ3) is 5.36. The smallest absolute Gasteiger partial charge is 0.438 e. The van der Waals surface area contributed by atoms with Gasteiger partial charge in [0.05, 0.1) is 13.7 Å². The molecule has 0 fully saturated rings. The second-order valence-corrected chi connectivity index (χ2v) is 6.76. The van der Waals surface area contributed by atoms with Crippen LogP contribution in [-0.2, 0) is 26.0 Å². The lowest BCUT2D eigenvalue weighted by molar-refractivity contribution is -0.0500. The van der Waals surface area contributed by atoms with Gasteiger partial charge in [-0.05, 0) is 28.8 Å². The van der Waals surface area contributed by atoms with Crippen LogP contribution in [0.15, 0.2) is 48.5 Å². The summed E-state index contributed by atoms with van der Waals surface area (Å²) < 4.78 is 73.2. The molecule has 0 amide bonds. The minimum Gasteiger partial charge on any atom is -0.438 e. The number of halogens is 3. The van der Waals surface area contributed by atoms with Crippen molar-refractivity contribution in [3.63, 3.8) is 0 Å². The first-order valence-corrected chi connectivity index (χ1v) is 8.95. The molecule has 0 aliphatic carbocycles. The molecule has 2 aromatic rings. The van der Waals surface area contributed by atoms with Crippen LogP contribution < -0.4 is 4.18 Å². The lowest BCUT2D eigenvalue weighted by atomic mass is 9.97. The van der Waals surface area contributed by atoms with Gasteiger partial charge in [-0.25, -0.2) is 4.79 Å². The van der Waals surface area contributed by atoms with Gasteiger partial charge in [-0.3, -0.25) is 0 Å². The first-order chi connectivity index (χ1) is 12.6. The average molecular weight is 404 g/mol. The monoisotopic (exact) mass is 404 g/mol. The van der Waals surface area contributed by atoms with Crippen LogP contribution in [0.1, 0.15) is 5.56 Å². The molecule has 27 heavy (non-hydrogen) atoms. The highest BCUT2D eigenvalue weighted by molar-refractivity contribution is 7.88. The number of rotatable bonds is 6. The van der Waals surface area contributed by atoms with Crippen LogP contribution in [0.25, 0.3) is 11.1 Å². The van der Waals surface area contributed by atoms with Gasteiger partial charge in [0.15, 0.2) is 0 Å². The molecule has 0 bridgehead atoms. The topological polar surface area (TPSA) is 78.9 Å². The SMILES string of the molecule is COC(=O)OCCc1cc(OS(=O)(=O)C(F)(F)F)ccc1-c1ccccc1. The van der Waals surface area contributed by atoms with Gasteiger partial charge in [0.2, 0.25) is 0 Å². The van der Waals surface area contributed by atoms with E-state index in [1.165, 1.54) is 6.07 Å². The molecule has 2 rings (SSSR count). The van der Waals surface area contributed by atoms with E-state index in [9.17, 15) is 26.4 Å². The van der Waals surface area contributed by atoms with E-state index < -0.39 is 27.5 Å². The molecule has 10 heteroatoms. The molecule has 0 heterocycles. The van der Waals surface area contributed by atoms with Gasteiger partial charge in [0, 0.05) is 6.42 Å². The van der Waals surface area contributed by atoms with E-state index >= 15 is 0 Å². The molecule has 0 aromatic heterocycles. The molecule has 2 aromatic carbocycles. The Kier molecular flexibility index (Phi) is 6.32. The summed E-state index contributed by atoms with van der Waals surface area (Å²) in [5.41, 5.74) is -3.74. The Hall–Kier alpha value is -2.75. The minimum absolute atomic E-state index is 0.0998. The highest BCUT2D eigenvalue weighted by atomic mass is 32.2. The van der Waals surface area contributed by atoms with Crippen LogP contribution in [-0.4, -0.2) is 33.8 Å². The Morgan fingerprint density at radius 3 is 2.33 bits per heavy atom. The van der Waals surface area contributed by atoms with Gasteiger partial charge in [-0.15, -0.1) is 0 Å². The van der Waals surface area contributed by atoms with Crippen LogP contribution in [0.2, 0.25) is 0 Å². The van der Waals surface area contributed by atoms with Crippen molar-refractivity contribution >= 4 is 16.3 Å². The lowest BCUT2D eigenvalue weighted by Crippen LogP contribution is -2.28. The van der Waals surface area contributed by atoms with Crippen molar-refractivity contribution < 1.29 is 40.0 Å². The molecule has 0 saturated heterocycles. The Morgan fingerprint density at radius 2 is 1.74 bits per heavy atom. The fourth-order valence-electron chi connectivity index (χ4n) is 2.21. The second kappa shape index (κ2) is 8.30. The summed E-state index contributed by atoms with van der Waals surface area (Å²) in [7, 11) is -4.66. The molecule has 0 N–H and O–H groups in total. The van der Waals surface area contributed by atoms with Crippen molar-refractivity contribution in [3.8, 4) is 16.9 Å². The third-order valence-corrected chi connectivity index (χ3v) is 4.39. The van der Waals surface area contributed by atoms with Crippen LogP contribution in [0.3, 0.4) is 0 Å². The van der Waals surface area contributed by atoms with E-state index in [1.807, 2.05) is 0 Å².